The van der Waals surface area contributed by atoms with Gasteiger partial charge in [0, 0.05) is 0 Å². The largest absolute Gasteiger partial charge is 0.446 e. The summed E-state index contributed by atoms with van der Waals surface area (Å²) in [4.78, 5) is 11.9. The van der Waals surface area contributed by atoms with Crippen molar-refractivity contribution in [3.05, 3.63) is 82.9 Å². The van der Waals surface area contributed by atoms with Crippen molar-refractivity contribution in [2.75, 3.05) is 0 Å². The highest BCUT2D eigenvalue weighted by Crippen LogP contribution is 2.34. The Hall–Kier alpha value is -1.87. The lowest BCUT2D eigenvalue weighted by molar-refractivity contribution is -0.149. The van der Waals surface area contributed by atoms with Gasteiger partial charge in [-0.1, -0.05) is 67.2 Å². The second kappa shape index (κ2) is 6.06. The molecule has 0 aliphatic heterocycles. The highest BCUT2D eigenvalue weighted by Gasteiger charge is 2.33. The molecule has 2 rings (SSSR count). The average Bonchev–Trinajstić information content (AvgIpc) is 2.48. The topological polar surface area (TPSA) is 26.3 Å². The van der Waals surface area contributed by atoms with E-state index in [-0.39, 0.29) is 4.48 Å². The number of benzene rings is 2. The zero-order valence-electron chi connectivity index (χ0n) is 11.2. The average molecular weight is 331 g/mol. The van der Waals surface area contributed by atoms with Gasteiger partial charge in [0.25, 0.3) is 0 Å². The Morgan fingerprint density at radius 2 is 1.40 bits per heavy atom. The van der Waals surface area contributed by atoms with E-state index in [1.807, 2.05) is 67.6 Å². The minimum absolute atomic E-state index is 0.204. The van der Waals surface area contributed by atoms with E-state index in [1.54, 1.807) is 0 Å². The standard InChI is InChI=1S/C17H15BrO2/c1-13(18)16(19)20-17(2,14-9-5-3-6-10-14)15-11-7-4-8-12-15/h3-12H,1H2,2H3. The van der Waals surface area contributed by atoms with Crippen molar-refractivity contribution in [2.24, 2.45) is 0 Å². The summed E-state index contributed by atoms with van der Waals surface area (Å²) in [5, 5.41) is 0. The molecule has 0 unspecified atom stereocenters. The predicted molar refractivity (Wildman–Crippen MR) is 83.5 cm³/mol. The van der Waals surface area contributed by atoms with Gasteiger partial charge in [-0.3, -0.25) is 0 Å². The Bertz CT molecular complexity index is 566. The van der Waals surface area contributed by atoms with Crippen LogP contribution >= 0.6 is 15.9 Å². The maximum Gasteiger partial charge on any atom is 0.345 e. The Kier molecular flexibility index (Phi) is 4.40. The van der Waals surface area contributed by atoms with Gasteiger partial charge in [-0.2, -0.15) is 0 Å². The third kappa shape index (κ3) is 2.99. The molecule has 2 nitrogen and oxygen atoms in total. The lowest BCUT2D eigenvalue weighted by Gasteiger charge is -2.30. The lowest BCUT2D eigenvalue weighted by Crippen LogP contribution is -2.30. The van der Waals surface area contributed by atoms with Crippen molar-refractivity contribution in [1.29, 1.82) is 0 Å². The van der Waals surface area contributed by atoms with Crippen LogP contribution in [0, 0.1) is 0 Å². The van der Waals surface area contributed by atoms with Crippen LogP contribution in [0.5, 0.6) is 0 Å². The van der Waals surface area contributed by atoms with Gasteiger partial charge < -0.3 is 4.74 Å². The minimum Gasteiger partial charge on any atom is -0.446 e. The first-order valence-electron chi connectivity index (χ1n) is 6.23. The smallest absolute Gasteiger partial charge is 0.345 e. The fourth-order valence-corrected chi connectivity index (χ4v) is 2.12. The fraction of sp³-hybridized carbons (Fsp3) is 0.118. The fourth-order valence-electron chi connectivity index (χ4n) is 2.04. The normalized spacial score (nSPS) is 10.9. The molecule has 0 saturated heterocycles. The van der Waals surface area contributed by atoms with E-state index in [9.17, 15) is 4.79 Å². The lowest BCUT2D eigenvalue weighted by atomic mass is 9.88. The number of ether oxygens (including phenoxy) is 1. The molecule has 0 aromatic heterocycles. The van der Waals surface area contributed by atoms with Gasteiger partial charge in [-0.05, 0) is 34.0 Å². The van der Waals surface area contributed by atoms with Gasteiger partial charge in [-0.25, -0.2) is 4.79 Å². The van der Waals surface area contributed by atoms with Gasteiger partial charge in [0.15, 0.2) is 5.60 Å². The van der Waals surface area contributed by atoms with Gasteiger partial charge in [0.05, 0.1) is 4.48 Å². The number of carbonyl (C=O) groups is 1. The van der Waals surface area contributed by atoms with Crippen LogP contribution in [0.15, 0.2) is 71.7 Å². The maximum absolute atomic E-state index is 11.9. The third-order valence-corrected chi connectivity index (χ3v) is 3.49. The summed E-state index contributed by atoms with van der Waals surface area (Å²) >= 11 is 3.07. The van der Waals surface area contributed by atoms with Crippen LogP contribution in [0.2, 0.25) is 0 Å². The molecular formula is C17H15BrO2. The van der Waals surface area contributed by atoms with E-state index < -0.39 is 11.6 Å². The third-order valence-electron chi connectivity index (χ3n) is 3.17. The molecule has 2 aromatic rings. The zero-order chi connectivity index (χ0) is 14.6. The van der Waals surface area contributed by atoms with E-state index >= 15 is 0 Å². The molecule has 102 valence electrons. The van der Waals surface area contributed by atoms with Gasteiger partial charge in [0.1, 0.15) is 0 Å². The molecule has 0 amide bonds. The van der Waals surface area contributed by atoms with Gasteiger partial charge >= 0.3 is 5.97 Å². The second-order valence-corrected chi connectivity index (χ2v) is 5.52. The highest BCUT2D eigenvalue weighted by atomic mass is 79.9. The summed E-state index contributed by atoms with van der Waals surface area (Å²) in [6.07, 6.45) is 0. The van der Waals surface area contributed by atoms with Gasteiger partial charge in [-0.15, -0.1) is 0 Å². The van der Waals surface area contributed by atoms with E-state index in [1.165, 1.54) is 0 Å². The number of carbonyl (C=O) groups excluding carboxylic acids is 1. The van der Waals surface area contributed by atoms with Crippen LogP contribution in [0.25, 0.3) is 0 Å². The van der Waals surface area contributed by atoms with Crippen molar-refractivity contribution < 1.29 is 9.53 Å². The molecule has 0 fully saturated rings. The number of hydrogen-bond acceptors (Lipinski definition) is 2. The van der Waals surface area contributed by atoms with E-state index in [4.69, 9.17) is 4.74 Å². The molecule has 0 radical (unpaired) electrons. The van der Waals surface area contributed by atoms with Crippen LogP contribution < -0.4 is 0 Å². The molecule has 3 heteroatoms. The molecule has 0 atom stereocenters. The molecule has 0 aliphatic rings. The monoisotopic (exact) mass is 330 g/mol. The quantitative estimate of drug-likeness (QED) is 0.613. The Morgan fingerprint density at radius 3 is 1.75 bits per heavy atom. The predicted octanol–water partition coefficient (Wildman–Crippen LogP) is 4.40. The number of rotatable bonds is 4. The van der Waals surface area contributed by atoms with Crippen LogP contribution in [-0.4, -0.2) is 5.97 Å². The van der Waals surface area contributed by atoms with Crippen LogP contribution in [0.3, 0.4) is 0 Å². The molecule has 0 N–H and O–H groups in total. The Morgan fingerprint density at radius 1 is 1.00 bits per heavy atom. The van der Waals surface area contributed by atoms with Crippen molar-refractivity contribution in [2.45, 2.75) is 12.5 Å². The molecule has 0 aliphatic carbocycles. The van der Waals surface area contributed by atoms with E-state index in [2.05, 4.69) is 22.5 Å². The Labute approximate surface area is 127 Å². The van der Waals surface area contributed by atoms with Crippen molar-refractivity contribution in [1.82, 2.24) is 0 Å². The van der Waals surface area contributed by atoms with Crippen molar-refractivity contribution in [3.63, 3.8) is 0 Å². The van der Waals surface area contributed by atoms with Crippen LogP contribution in [-0.2, 0) is 15.1 Å². The summed E-state index contributed by atoms with van der Waals surface area (Å²) in [6.45, 7) is 5.45. The Balaban J connectivity index is 2.49. The van der Waals surface area contributed by atoms with Crippen LogP contribution in [0.1, 0.15) is 18.1 Å². The SMILES string of the molecule is C=C(Br)C(=O)OC(C)(c1ccccc1)c1ccccc1. The van der Waals surface area contributed by atoms with Crippen molar-refractivity contribution in [3.8, 4) is 0 Å². The first kappa shape index (κ1) is 14.5. The zero-order valence-corrected chi connectivity index (χ0v) is 12.8. The molecular weight excluding hydrogens is 316 g/mol. The van der Waals surface area contributed by atoms with Crippen molar-refractivity contribution >= 4 is 21.9 Å². The van der Waals surface area contributed by atoms with E-state index in [0.717, 1.165) is 11.1 Å². The van der Waals surface area contributed by atoms with Gasteiger partial charge in [0.2, 0.25) is 0 Å². The number of esters is 1. The molecule has 0 bridgehead atoms. The highest BCUT2D eigenvalue weighted by molar-refractivity contribution is 9.12. The number of halogens is 1. The van der Waals surface area contributed by atoms with E-state index in [0.29, 0.717) is 0 Å². The summed E-state index contributed by atoms with van der Waals surface area (Å²) in [5.41, 5.74) is 0.970. The minimum atomic E-state index is -0.851. The summed E-state index contributed by atoms with van der Waals surface area (Å²) in [5.74, 6) is -0.472. The molecule has 2 aromatic carbocycles. The summed E-state index contributed by atoms with van der Waals surface area (Å²) in [7, 11) is 0. The first-order valence-corrected chi connectivity index (χ1v) is 7.02. The van der Waals surface area contributed by atoms with Crippen LogP contribution in [0.4, 0.5) is 0 Å². The molecule has 0 spiro atoms. The first-order chi connectivity index (χ1) is 9.54. The molecule has 20 heavy (non-hydrogen) atoms. The molecule has 0 heterocycles. The second-order valence-electron chi connectivity index (χ2n) is 4.56. The number of hydrogen-bond donors (Lipinski definition) is 0. The summed E-state index contributed by atoms with van der Waals surface area (Å²) < 4.78 is 5.89. The summed E-state index contributed by atoms with van der Waals surface area (Å²) in [6, 6.07) is 19.3. The molecule has 0 saturated carbocycles. The maximum atomic E-state index is 11.9.